The van der Waals surface area contributed by atoms with E-state index in [1.54, 1.807) is 69.7 Å². The molecule has 5 rings (SSSR count). The fraction of sp³-hybridized carbons (Fsp3) is 0.161. The molecule has 5 aromatic rings. The number of nitrogens with one attached hydrogen (secondary N) is 2. The summed E-state index contributed by atoms with van der Waals surface area (Å²) in [4.78, 5) is 42.2. The summed E-state index contributed by atoms with van der Waals surface area (Å²) >= 11 is 6.85. The number of hydrogen-bond acceptors (Lipinski definition) is 8. The monoisotopic (exact) mass is 599 g/mol. The number of rotatable bonds is 8. The van der Waals surface area contributed by atoms with E-state index in [1.165, 1.54) is 24.4 Å². The summed E-state index contributed by atoms with van der Waals surface area (Å²) in [6.07, 6.45) is 6.24. The quantitative estimate of drug-likeness (QED) is 0.179. The van der Waals surface area contributed by atoms with Crippen molar-refractivity contribution in [1.82, 2.24) is 19.9 Å². The third-order valence-corrected chi connectivity index (χ3v) is 7.07. The van der Waals surface area contributed by atoms with Crippen LogP contribution in [0.15, 0.2) is 73.3 Å². The van der Waals surface area contributed by atoms with Crippen LogP contribution in [0.4, 0.5) is 15.8 Å². The lowest BCUT2D eigenvalue weighted by molar-refractivity contribution is 0.0687. The highest BCUT2D eigenvalue weighted by Crippen LogP contribution is 2.38. The Morgan fingerprint density at radius 3 is 2.44 bits per heavy atom. The Labute approximate surface area is 251 Å². The molecule has 218 valence electrons. The van der Waals surface area contributed by atoms with Gasteiger partial charge in [-0.15, -0.1) is 0 Å². The zero-order valence-corrected chi connectivity index (χ0v) is 24.1. The predicted molar refractivity (Wildman–Crippen MR) is 162 cm³/mol. The first kappa shape index (κ1) is 29.5. The number of carbonyl (C=O) groups is 2. The van der Waals surface area contributed by atoms with Crippen LogP contribution in [0.3, 0.4) is 0 Å². The topological polar surface area (TPSA) is 156 Å². The van der Waals surface area contributed by atoms with E-state index < -0.39 is 29.3 Å². The lowest BCUT2D eigenvalue weighted by Gasteiger charge is -2.21. The van der Waals surface area contributed by atoms with Crippen LogP contribution in [0.25, 0.3) is 22.0 Å². The molecule has 0 aliphatic rings. The van der Waals surface area contributed by atoms with Crippen molar-refractivity contribution in [3.05, 3.63) is 107 Å². The minimum Gasteiger partial charge on any atom is -0.382 e. The lowest BCUT2D eigenvalue weighted by Crippen LogP contribution is -2.19. The normalized spacial score (nSPS) is 12.1. The molecule has 5 N–H and O–H groups in total. The fourth-order valence-corrected chi connectivity index (χ4v) is 4.74. The van der Waals surface area contributed by atoms with Crippen LogP contribution < -0.4 is 16.4 Å². The summed E-state index contributed by atoms with van der Waals surface area (Å²) in [6.45, 7) is 4.87. The molecular formula is C31H27ClFN7O3. The molecule has 0 spiro atoms. The van der Waals surface area contributed by atoms with Gasteiger partial charge < -0.3 is 21.5 Å². The fourth-order valence-electron chi connectivity index (χ4n) is 4.45. The highest BCUT2D eigenvalue weighted by atomic mass is 35.5. The Balaban J connectivity index is 1.62. The van der Waals surface area contributed by atoms with Crippen LogP contribution in [0.1, 0.15) is 59.0 Å². The first-order chi connectivity index (χ1) is 20.4. The van der Waals surface area contributed by atoms with E-state index in [9.17, 15) is 19.1 Å². The highest BCUT2D eigenvalue weighted by Gasteiger charge is 2.23. The molecule has 0 saturated carbocycles. The smallest absolute Gasteiger partial charge is 0.275 e. The van der Waals surface area contributed by atoms with E-state index in [1.807, 2.05) is 0 Å². The minimum absolute atomic E-state index is 0.00187. The number of carbonyl (C=O) groups excluding carboxylic acids is 2. The molecule has 12 heteroatoms. The number of pyridine rings is 2. The molecule has 3 aromatic heterocycles. The number of fused-ring (bicyclic) bond motifs is 1. The number of hydrogen-bond donors (Lipinski definition) is 4. The molecule has 43 heavy (non-hydrogen) atoms. The molecule has 0 fully saturated rings. The largest absolute Gasteiger partial charge is 0.382 e. The second-order valence-electron chi connectivity index (χ2n) is 10.4. The molecule has 0 saturated heterocycles. The van der Waals surface area contributed by atoms with Gasteiger partial charge in [-0.2, -0.15) is 0 Å². The molecule has 0 bridgehead atoms. The van der Waals surface area contributed by atoms with Crippen molar-refractivity contribution in [2.75, 3.05) is 10.6 Å². The Morgan fingerprint density at radius 1 is 1.05 bits per heavy atom. The van der Waals surface area contributed by atoms with Gasteiger partial charge in [0.2, 0.25) is 5.91 Å². The molecule has 0 radical (unpaired) electrons. The van der Waals surface area contributed by atoms with Gasteiger partial charge in [-0.05, 0) is 68.8 Å². The number of anilines is 2. The van der Waals surface area contributed by atoms with E-state index in [0.717, 1.165) is 0 Å². The Hall–Kier alpha value is -5.00. The van der Waals surface area contributed by atoms with E-state index in [4.69, 9.17) is 17.3 Å². The summed E-state index contributed by atoms with van der Waals surface area (Å²) in [5, 5.41) is 16.7. The van der Waals surface area contributed by atoms with Gasteiger partial charge in [0.25, 0.3) is 5.91 Å². The summed E-state index contributed by atoms with van der Waals surface area (Å²) in [5.41, 5.74) is 7.02. The summed E-state index contributed by atoms with van der Waals surface area (Å²) in [7, 11) is 0. The maximum Gasteiger partial charge on any atom is 0.275 e. The molecule has 1 atom stereocenters. The number of nitrogens with zero attached hydrogens (tertiary/aromatic N) is 4. The second-order valence-corrected chi connectivity index (χ2v) is 10.8. The van der Waals surface area contributed by atoms with Crippen molar-refractivity contribution in [2.45, 2.75) is 32.4 Å². The van der Waals surface area contributed by atoms with Gasteiger partial charge in [0, 0.05) is 40.7 Å². The predicted octanol–water partition coefficient (Wildman–Crippen LogP) is 5.63. The third-order valence-electron chi connectivity index (χ3n) is 6.70. The minimum atomic E-state index is -1.21. The summed E-state index contributed by atoms with van der Waals surface area (Å²) in [6, 6.07) is 11.8. The highest BCUT2D eigenvalue weighted by molar-refractivity contribution is 6.38. The lowest BCUT2D eigenvalue weighted by atomic mass is 10.0. The maximum atomic E-state index is 14.9. The van der Waals surface area contributed by atoms with Gasteiger partial charge in [0.1, 0.15) is 17.1 Å². The van der Waals surface area contributed by atoms with E-state index in [0.29, 0.717) is 33.4 Å². The van der Waals surface area contributed by atoms with Crippen molar-refractivity contribution >= 4 is 45.7 Å². The number of aliphatic hydroxyl groups is 1. The van der Waals surface area contributed by atoms with E-state index >= 15 is 0 Å². The molecule has 3 heterocycles. The Morgan fingerprint density at radius 2 is 1.79 bits per heavy atom. The first-order valence-corrected chi connectivity index (χ1v) is 13.6. The molecule has 0 aliphatic heterocycles. The average molecular weight is 600 g/mol. The molecule has 1 unspecified atom stereocenters. The van der Waals surface area contributed by atoms with Crippen LogP contribution in [-0.2, 0) is 5.60 Å². The standard InChI is InChI=1S/C31H27ClFN7O3/c1-16(21-12-18(28(34)41)6-8-23(21)33)38-26-22-11-17(19-13-36-30(37-14-19)31(2,3)43)7-9-24(22)40-27(25(26)32)29(42)39-20-5-4-10-35-15-20/h4-16,43H,1-3H3,(H2,34,41)(H,38,40)(H,39,42). The Bertz CT molecular complexity index is 1850. The van der Waals surface area contributed by atoms with Crippen LogP contribution in [0.2, 0.25) is 5.02 Å². The van der Waals surface area contributed by atoms with E-state index in [2.05, 4.69) is 30.6 Å². The SMILES string of the molecule is CC(Nc1c(Cl)c(C(=O)Nc2cccnc2)nc2ccc(-c3cnc(C(C)(C)O)nc3)cc12)c1cc(C(N)=O)ccc1F. The van der Waals surface area contributed by atoms with Crippen LogP contribution >= 0.6 is 11.6 Å². The summed E-state index contributed by atoms with van der Waals surface area (Å²) in [5.74, 6) is -1.56. The van der Waals surface area contributed by atoms with Gasteiger partial charge in [0.05, 0.1) is 34.2 Å². The molecule has 2 aromatic carbocycles. The molecule has 0 aliphatic carbocycles. The van der Waals surface area contributed by atoms with Crippen molar-refractivity contribution in [2.24, 2.45) is 5.73 Å². The number of amides is 2. The number of nitrogens with two attached hydrogens (primary N) is 1. The van der Waals surface area contributed by atoms with Crippen molar-refractivity contribution in [3.63, 3.8) is 0 Å². The molecule has 10 nitrogen and oxygen atoms in total. The van der Waals surface area contributed by atoms with Gasteiger partial charge in [-0.25, -0.2) is 19.3 Å². The molecular weight excluding hydrogens is 573 g/mol. The second kappa shape index (κ2) is 11.7. The van der Waals surface area contributed by atoms with Gasteiger partial charge >= 0.3 is 0 Å². The number of halogens is 2. The number of aromatic nitrogens is 4. The number of primary amides is 1. The zero-order chi connectivity index (χ0) is 30.9. The van der Waals surface area contributed by atoms with Crippen LogP contribution in [-0.4, -0.2) is 36.9 Å². The maximum absolute atomic E-state index is 14.9. The number of benzene rings is 2. The van der Waals surface area contributed by atoms with Crippen molar-refractivity contribution < 1.29 is 19.1 Å². The first-order valence-electron chi connectivity index (χ1n) is 13.2. The third kappa shape index (κ3) is 6.27. The van der Waals surface area contributed by atoms with Crippen molar-refractivity contribution in [1.29, 1.82) is 0 Å². The van der Waals surface area contributed by atoms with Gasteiger partial charge in [0.15, 0.2) is 5.82 Å². The molecule has 2 amide bonds. The Kier molecular flexibility index (Phi) is 8.03. The average Bonchev–Trinajstić information content (AvgIpc) is 2.98. The van der Waals surface area contributed by atoms with E-state index in [-0.39, 0.29) is 27.7 Å². The van der Waals surface area contributed by atoms with Gasteiger partial charge in [-0.3, -0.25) is 14.6 Å². The van der Waals surface area contributed by atoms with Gasteiger partial charge in [-0.1, -0.05) is 17.7 Å². The zero-order valence-electron chi connectivity index (χ0n) is 23.4. The van der Waals surface area contributed by atoms with Crippen molar-refractivity contribution in [3.8, 4) is 11.1 Å². The van der Waals surface area contributed by atoms with Crippen LogP contribution in [0.5, 0.6) is 0 Å². The van der Waals surface area contributed by atoms with Crippen LogP contribution in [0, 0.1) is 5.82 Å². The summed E-state index contributed by atoms with van der Waals surface area (Å²) < 4.78 is 14.9.